The first-order valence-corrected chi connectivity index (χ1v) is 11.6. The van der Waals surface area contributed by atoms with Gasteiger partial charge in [-0.05, 0) is 48.5 Å². The van der Waals surface area contributed by atoms with E-state index in [4.69, 9.17) is 14.2 Å². The number of ether oxygens (including phenoxy) is 3. The number of halogens is 2. The number of hydrogen-bond donors (Lipinski definition) is 2. The Kier molecular flexibility index (Phi) is 6.52. The average Bonchev–Trinajstić information content (AvgIpc) is 3.27. The molecule has 0 bridgehead atoms. The van der Waals surface area contributed by atoms with Gasteiger partial charge in [0.25, 0.3) is 5.91 Å². The van der Waals surface area contributed by atoms with Crippen molar-refractivity contribution in [2.24, 2.45) is 0 Å². The molecule has 3 aromatic carbocycles. The highest BCUT2D eigenvalue weighted by Gasteiger charge is 2.20. The van der Waals surface area contributed by atoms with E-state index in [1.807, 2.05) is 0 Å². The fourth-order valence-corrected chi connectivity index (χ4v) is 4.20. The summed E-state index contributed by atoms with van der Waals surface area (Å²) in [6.45, 7) is 0. The maximum atomic E-state index is 13.4. The Hall–Kier alpha value is -4.77. The molecule has 186 valence electrons. The highest BCUT2D eigenvalue weighted by molar-refractivity contribution is 7.22. The summed E-state index contributed by atoms with van der Waals surface area (Å²) < 4.78 is 44.2. The van der Waals surface area contributed by atoms with Gasteiger partial charge in [-0.3, -0.25) is 10.1 Å². The molecule has 1 amide bonds. The lowest BCUT2D eigenvalue weighted by Crippen LogP contribution is -2.13. The van der Waals surface area contributed by atoms with Gasteiger partial charge in [0.05, 0.1) is 17.3 Å². The molecule has 0 atom stereocenters. The molecule has 2 heterocycles. The Bertz CT molecular complexity index is 1510. The number of pyridine rings is 1. The Balaban J connectivity index is 1.48. The van der Waals surface area contributed by atoms with Crippen LogP contribution in [0.15, 0.2) is 72.9 Å². The molecule has 0 spiro atoms. The van der Waals surface area contributed by atoms with Crippen LogP contribution in [0.1, 0.15) is 10.5 Å². The molecule has 0 saturated carbocycles. The fraction of sp³-hybridized carbons (Fsp3) is 0.0385. The molecule has 37 heavy (non-hydrogen) atoms. The van der Waals surface area contributed by atoms with E-state index in [2.05, 4.69) is 15.3 Å². The standard InChI is InChI=1S/C26H17F2N3O5S/c1-34-19-10-11-29-23(24(19)32)25(33)31-26-30-18-12-20(35-16-6-2-14(27)3-7-16)21(13-22(18)37-26)36-17-8-4-15(28)5-9-17/h2-13,32H,1H3,(H,30,31,33). The number of anilines is 1. The second-order valence-corrected chi connectivity index (χ2v) is 8.59. The molecule has 5 aromatic rings. The van der Waals surface area contributed by atoms with E-state index in [1.165, 1.54) is 67.9 Å². The minimum atomic E-state index is -0.680. The van der Waals surface area contributed by atoms with Crippen LogP contribution in [0.2, 0.25) is 0 Å². The quantitative estimate of drug-likeness (QED) is 0.251. The second kappa shape index (κ2) is 10.1. The van der Waals surface area contributed by atoms with Gasteiger partial charge in [-0.25, -0.2) is 18.7 Å². The van der Waals surface area contributed by atoms with E-state index in [1.54, 1.807) is 12.1 Å². The number of nitrogens with zero attached hydrogens (tertiary/aromatic N) is 2. The molecule has 0 aliphatic rings. The first-order valence-electron chi connectivity index (χ1n) is 10.7. The van der Waals surface area contributed by atoms with Crippen LogP contribution in [0.4, 0.5) is 13.9 Å². The number of rotatable bonds is 7. The Morgan fingerprint density at radius 3 is 2.08 bits per heavy atom. The topological polar surface area (TPSA) is 103 Å². The lowest BCUT2D eigenvalue weighted by Gasteiger charge is -2.12. The number of carbonyl (C=O) groups is 1. The molecular formula is C26H17F2N3O5S. The van der Waals surface area contributed by atoms with Gasteiger partial charge in [-0.2, -0.15) is 0 Å². The van der Waals surface area contributed by atoms with Crippen LogP contribution in [-0.2, 0) is 0 Å². The van der Waals surface area contributed by atoms with Crippen molar-refractivity contribution in [3.63, 3.8) is 0 Å². The van der Waals surface area contributed by atoms with Crippen molar-refractivity contribution in [2.75, 3.05) is 12.4 Å². The molecule has 0 radical (unpaired) electrons. The van der Waals surface area contributed by atoms with Crippen molar-refractivity contribution >= 4 is 32.6 Å². The summed E-state index contributed by atoms with van der Waals surface area (Å²) in [5, 5.41) is 13.1. The number of benzene rings is 3. The molecule has 0 aliphatic heterocycles. The van der Waals surface area contributed by atoms with E-state index < -0.39 is 23.3 Å². The number of fused-ring (bicyclic) bond motifs is 1. The Morgan fingerprint density at radius 2 is 1.49 bits per heavy atom. The van der Waals surface area contributed by atoms with E-state index in [9.17, 15) is 18.7 Å². The van der Waals surface area contributed by atoms with E-state index in [0.717, 1.165) is 11.3 Å². The summed E-state index contributed by atoms with van der Waals surface area (Å²) in [5.74, 6) is -0.526. The molecule has 0 fully saturated rings. The number of aromatic hydroxyl groups is 1. The van der Waals surface area contributed by atoms with Gasteiger partial charge in [-0.15, -0.1) is 0 Å². The molecular weight excluding hydrogens is 504 g/mol. The monoisotopic (exact) mass is 521 g/mol. The van der Waals surface area contributed by atoms with Gasteiger partial charge in [-0.1, -0.05) is 11.3 Å². The smallest absolute Gasteiger partial charge is 0.280 e. The van der Waals surface area contributed by atoms with Crippen molar-refractivity contribution < 1.29 is 32.9 Å². The van der Waals surface area contributed by atoms with Crippen molar-refractivity contribution in [1.29, 1.82) is 0 Å². The lowest BCUT2D eigenvalue weighted by molar-refractivity contribution is 0.101. The number of methoxy groups -OCH3 is 1. The zero-order chi connectivity index (χ0) is 25.9. The van der Waals surface area contributed by atoms with Crippen LogP contribution in [0, 0.1) is 11.6 Å². The SMILES string of the molecule is COc1ccnc(C(=O)Nc2nc3cc(Oc4ccc(F)cc4)c(Oc4ccc(F)cc4)cc3s2)c1O. The van der Waals surface area contributed by atoms with Crippen LogP contribution >= 0.6 is 11.3 Å². The van der Waals surface area contributed by atoms with Gasteiger partial charge in [0.2, 0.25) is 0 Å². The van der Waals surface area contributed by atoms with Crippen molar-refractivity contribution in [1.82, 2.24) is 9.97 Å². The maximum Gasteiger partial charge on any atom is 0.280 e. The van der Waals surface area contributed by atoms with Gasteiger partial charge in [0.1, 0.15) is 23.1 Å². The molecule has 2 aromatic heterocycles. The first-order chi connectivity index (χ1) is 17.9. The van der Waals surface area contributed by atoms with E-state index in [0.29, 0.717) is 21.7 Å². The van der Waals surface area contributed by atoms with Crippen molar-refractivity contribution in [3.8, 4) is 34.5 Å². The van der Waals surface area contributed by atoms with E-state index in [-0.39, 0.29) is 28.1 Å². The number of amides is 1. The molecule has 0 saturated heterocycles. The molecule has 2 N–H and O–H groups in total. The van der Waals surface area contributed by atoms with Gasteiger partial charge in [0, 0.05) is 24.4 Å². The average molecular weight is 522 g/mol. The largest absolute Gasteiger partial charge is 0.503 e. The summed E-state index contributed by atoms with van der Waals surface area (Å²) in [6.07, 6.45) is 1.34. The summed E-state index contributed by atoms with van der Waals surface area (Å²) in [4.78, 5) is 21.1. The minimum Gasteiger partial charge on any atom is -0.503 e. The van der Waals surface area contributed by atoms with Crippen LogP contribution < -0.4 is 19.5 Å². The predicted octanol–water partition coefficient (Wildman–Crippen LogP) is 6.52. The number of nitrogens with one attached hydrogen (secondary N) is 1. The van der Waals surface area contributed by atoms with Crippen molar-refractivity contribution in [2.45, 2.75) is 0 Å². The van der Waals surface area contributed by atoms with Crippen LogP contribution in [0.3, 0.4) is 0 Å². The summed E-state index contributed by atoms with van der Waals surface area (Å²) in [6, 6.07) is 15.6. The number of thiazole rings is 1. The predicted molar refractivity (Wildman–Crippen MR) is 133 cm³/mol. The number of aromatic nitrogens is 2. The molecule has 0 unspecified atom stereocenters. The Morgan fingerprint density at radius 1 is 0.892 bits per heavy atom. The molecule has 0 aliphatic carbocycles. The number of carbonyl (C=O) groups excluding carboxylic acids is 1. The lowest BCUT2D eigenvalue weighted by atomic mass is 10.2. The van der Waals surface area contributed by atoms with Crippen LogP contribution in [-0.4, -0.2) is 28.1 Å². The van der Waals surface area contributed by atoms with Gasteiger partial charge < -0.3 is 19.3 Å². The highest BCUT2D eigenvalue weighted by atomic mass is 32.1. The molecule has 8 nitrogen and oxygen atoms in total. The minimum absolute atomic E-state index is 0.106. The second-order valence-electron chi connectivity index (χ2n) is 7.56. The van der Waals surface area contributed by atoms with E-state index >= 15 is 0 Å². The van der Waals surface area contributed by atoms with Gasteiger partial charge >= 0.3 is 0 Å². The molecule has 11 heteroatoms. The summed E-state index contributed by atoms with van der Waals surface area (Å²) in [7, 11) is 1.36. The highest BCUT2D eigenvalue weighted by Crippen LogP contribution is 2.41. The number of hydrogen-bond acceptors (Lipinski definition) is 8. The zero-order valence-corrected chi connectivity index (χ0v) is 19.9. The Labute approximate surface area is 212 Å². The third-order valence-electron chi connectivity index (χ3n) is 5.08. The van der Waals surface area contributed by atoms with Crippen LogP contribution in [0.5, 0.6) is 34.5 Å². The van der Waals surface area contributed by atoms with Crippen molar-refractivity contribution in [3.05, 3.63) is 90.3 Å². The third-order valence-corrected chi connectivity index (χ3v) is 6.01. The zero-order valence-electron chi connectivity index (χ0n) is 19.1. The normalized spacial score (nSPS) is 10.8. The maximum absolute atomic E-state index is 13.4. The first kappa shape index (κ1) is 23.9. The summed E-state index contributed by atoms with van der Waals surface area (Å²) >= 11 is 1.15. The molecule has 5 rings (SSSR count). The van der Waals surface area contributed by atoms with Crippen LogP contribution in [0.25, 0.3) is 10.2 Å². The third kappa shape index (κ3) is 5.26. The summed E-state index contributed by atoms with van der Waals surface area (Å²) in [5.41, 5.74) is 0.256. The fourth-order valence-electron chi connectivity index (χ4n) is 3.33. The van der Waals surface area contributed by atoms with Gasteiger partial charge in [0.15, 0.2) is 33.8 Å².